The molecule has 1 atom stereocenters. The molecule has 2 aromatic heterocycles. The molecule has 7 nitrogen and oxygen atoms in total. The van der Waals surface area contributed by atoms with Crippen molar-refractivity contribution in [2.45, 2.75) is 25.4 Å². The predicted octanol–water partition coefficient (Wildman–Crippen LogP) is 2.92. The van der Waals surface area contributed by atoms with Crippen LogP contribution in [-0.2, 0) is 13.6 Å². The van der Waals surface area contributed by atoms with E-state index in [9.17, 15) is 4.79 Å². The Morgan fingerprint density at radius 2 is 2.11 bits per heavy atom. The zero-order valence-corrected chi connectivity index (χ0v) is 15.9. The number of para-hydroxylation sites is 1. The topological polar surface area (TPSA) is 72.5 Å². The monoisotopic (exact) mass is 380 g/mol. The van der Waals surface area contributed by atoms with E-state index in [-0.39, 0.29) is 11.6 Å². The van der Waals surface area contributed by atoms with Crippen molar-refractivity contribution in [3.63, 3.8) is 0 Å². The van der Waals surface area contributed by atoms with E-state index in [1.165, 1.54) is 0 Å². The lowest BCUT2D eigenvalue weighted by atomic mass is 10.1. The molecule has 1 saturated heterocycles. The SMILES string of the molecule is Cn1ccnc(N2CCCC(NCc3ccc(Oc4ccccc4)o3)C2)c1=O. The van der Waals surface area contributed by atoms with Gasteiger partial charge in [-0.25, -0.2) is 4.98 Å². The van der Waals surface area contributed by atoms with Crippen LogP contribution in [0.2, 0.25) is 0 Å². The summed E-state index contributed by atoms with van der Waals surface area (Å²) >= 11 is 0. The molecule has 1 N–H and O–H groups in total. The molecule has 0 amide bonds. The molecule has 1 unspecified atom stereocenters. The van der Waals surface area contributed by atoms with Gasteiger partial charge in [-0.3, -0.25) is 4.79 Å². The summed E-state index contributed by atoms with van der Waals surface area (Å²) in [5.74, 6) is 2.56. The Morgan fingerprint density at radius 1 is 1.25 bits per heavy atom. The van der Waals surface area contributed by atoms with Crippen LogP contribution < -0.4 is 20.5 Å². The second-order valence-electron chi connectivity index (χ2n) is 6.97. The lowest BCUT2D eigenvalue weighted by molar-refractivity contribution is 0.320. The standard InChI is InChI=1S/C21H24N4O3/c1-24-13-11-22-20(21(24)26)25-12-5-6-16(15-25)23-14-18-9-10-19(28-18)27-17-7-3-2-4-8-17/h2-4,7-11,13,16,23H,5-6,12,14-15H2,1H3. The van der Waals surface area contributed by atoms with E-state index in [2.05, 4.69) is 15.2 Å². The van der Waals surface area contributed by atoms with E-state index in [0.717, 1.165) is 37.4 Å². The number of hydrogen-bond acceptors (Lipinski definition) is 6. The number of ether oxygens (including phenoxy) is 1. The van der Waals surface area contributed by atoms with Crippen LogP contribution in [0.5, 0.6) is 11.7 Å². The molecule has 3 heterocycles. The molecule has 146 valence electrons. The largest absolute Gasteiger partial charge is 0.429 e. The van der Waals surface area contributed by atoms with Gasteiger partial charge in [-0.05, 0) is 31.0 Å². The molecule has 1 aliphatic heterocycles. The first kappa shape index (κ1) is 18.3. The van der Waals surface area contributed by atoms with E-state index in [4.69, 9.17) is 9.15 Å². The van der Waals surface area contributed by atoms with Crippen molar-refractivity contribution in [3.8, 4) is 11.7 Å². The minimum absolute atomic E-state index is 0.0584. The molecule has 0 bridgehead atoms. The van der Waals surface area contributed by atoms with Gasteiger partial charge in [-0.2, -0.15) is 0 Å². The fourth-order valence-corrected chi connectivity index (χ4v) is 3.40. The number of rotatable bonds is 6. The first-order valence-electron chi connectivity index (χ1n) is 9.50. The maximum atomic E-state index is 12.3. The third-order valence-electron chi connectivity index (χ3n) is 4.88. The van der Waals surface area contributed by atoms with Crippen molar-refractivity contribution in [3.05, 3.63) is 71.0 Å². The Balaban J connectivity index is 1.34. The highest BCUT2D eigenvalue weighted by molar-refractivity contribution is 5.36. The smallest absolute Gasteiger partial charge is 0.293 e. The quantitative estimate of drug-likeness (QED) is 0.709. The molecule has 3 aromatic rings. The second kappa shape index (κ2) is 8.31. The molecule has 0 aliphatic carbocycles. The highest BCUT2D eigenvalue weighted by Crippen LogP contribution is 2.23. The zero-order chi connectivity index (χ0) is 19.3. The fraction of sp³-hybridized carbons (Fsp3) is 0.333. The summed E-state index contributed by atoms with van der Waals surface area (Å²) < 4.78 is 13.0. The number of furan rings is 1. The van der Waals surface area contributed by atoms with Crippen molar-refractivity contribution < 1.29 is 9.15 Å². The van der Waals surface area contributed by atoms with Gasteiger partial charge >= 0.3 is 0 Å². The second-order valence-corrected chi connectivity index (χ2v) is 6.97. The molecular formula is C21H24N4O3. The molecule has 0 spiro atoms. The van der Waals surface area contributed by atoms with Crippen LogP contribution in [0, 0.1) is 0 Å². The molecular weight excluding hydrogens is 356 g/mol. The van der Waals surface area contributed by atoms with Crippen molar-refractivity contribution in [1.29, 1.82) is 0 Å². The number of nitrogens with zero attached hydrogens (tertiary/aromatic N) is 3. The molecule has 1 aromatic carbocycles. The molecule has 7 heteroatoms. The van der Waals surface area contributed by atoms with Crippen LogP contribution in [-0.4, -0.2) is 28.7 Å². The van der Waals surface area contributed by atoms with E-state index in [1.54, 1.807) is 24.0 Å². The van der Waals surface area contributed by atoms with Gasteiger partial charge in [0.15, 0.2) is 5.82 Å². The molecule has 4 rings (SSSR count). The summed E-state index contributed by atoms with van der Waals surface area (Å²) in [6, 6.07) is 13.6. The van der Waals surface area contributed by atoms with Crippen LogP contribution in [0.3, 0.4) is 0 Å². The average Bonchev–Trinajstić information content (AvgIpc) is 3.17. The number of anilines is 1. The summed E-state index contributed by atoms with van der Waals surface area (Å²) in [7, 11) is 1.75. The number of aromatic nitrogens is 2. The minimum atomic E-state index is -0.0584. The molecule has 0 radical (unpaired) electrons. The van der Waals surface area contributed by atoms with Gasteiger partial charge in [0.05, 0.1) is 6.54 Å². The first-order chi connectivity index (χ1) is 13.7. The molecule has 1 aliphatic rings. The fourth-order valence-electron chi connectivity index (χ4n) is 3.40. The van der Waals surface area contributed by atoms with Crippen LogP contribution in [0.1, 0.15) is 18.6 Å². The van der Waals surface area contributed by atoms with Crippen molar-refractivity contribution >= 4 is 5.82 Å². The van der Waals surface area contributed by atoms with E-state index in [1.807, 2.05) is 42.5 Å². The van der Waals surface area contributed by atoms with Crippen molar-refractivity contribution in [2.75, 3.05) is 18.0 Å². The molecule has 28 heavy (non-hydrogen) atoms. The Morgan fingerprint density at radius 3 is 2.96 bits per heavy atom. The highest BCUT2D eigenvalue weighted by atomic mass is 16.6. The normalized spacial score (nSPS) is 16.9. The van der Waals surface area contributed by atoms with Crippen molar-refractivity contribution in [2.24, 2.45) is 7.05 Å². The summed E-state index contributed by atoms with van der Waals surface area (Å²) in [6.45, 7) is 2.21. The van der Waals surface area contributed by atoms with E-state index >= 15 is 0 Å². The maximum absolute atomic E-state index is 12.3. The van der Waals surface area contributed by atoms with Gasteiger partial charge in [0.25, 0.3) is 11.5 Å². The molecule has 1 fully saturated rings. The number of piperidine rings is 1. The van der Waals surface area contributed by atoms with Gasteiger partial charge in [0.2, 0.25) is 0 Å². The van der Waals surface area contributed by atoms with Gasteiger partial charge in [-0.1, -0.05) is 18.2 Å². The number of aryl methyl sites for hydroxylation is 1. The lowest BCUT2D eigenvalue weighted by Gasteiger charge is -2.33. The lowest BCUT2D eigenvalue weighted by Crippen LogP contribution is -2.47. The van der Waals surface area contributed by atoms with Crippen molar-refractivity contribution in [1.82, 2.24) is 14.9 Å². The van der Waals surface area contributed by atoms with Crippen LogP contribution in [0.4, 0.5) is 5.82 Å². The predicted molar refractivity (Wildman–Crippen MR) is 107 cm³/mol. The van der Waals surface area contributed by atoms with E-state index < -0.39 is 0 Å². The average molecular weight is 380 g/mol. The number of nitrogens with one attached hydrogen (secondary N) is 1. The summed E-state index contributed by atoms with van der Waals surface area (Å²) in [4.78, 5) is 18.7. The maximum Gasteiger partial charge on any atom is 0.293 e. The summed E-state index contributed by atoms with van der Waals surface area (Å²) in [5.41, 5.74) is -0.0584. The Hall–Kier alpha value is -3.06. The van der Waals surface area contributed by atoms with Crippen LogP contribution in [0.25, 0.3) is 0 Å². The third kappa shape index (κ3) is 4.26. The summed E-state index contributed by atoms with van der Waals surface area (Å²) in [6.07, 6.45) is 5.41. The molecule has 0 saturated carbocycles. The first-order valence-corrected chi connectivity index (χ1v) is 9.50. The number of benzene rings is 1. The van der Waals surface area contributed by atoms with Crippen LogP contribution in [0.15, 0.2) is 64.1 Å². The Bertz CT molecular complexity index is 967. The van der Waals surface area contributed by atoms with Gasteiger partial charge < -0.3 is 23.9 Å². The van der Waals surface area contributed by atoms with E-state index in [0.29, 0.717) is 18.3 Å². The third-order valence-corrected chi connectivity index (χ3v) is 4.88. The highest BCUT2D eigenvalue weighted by Gasteiger charge is 2.23. The van der Waals surface area contributed by atoms with Gasteiger partial charge in [-0.15, -0.1) is 0 Å². The minimum Gasteiger partial charge on any atom is -0.429 e. The summed E-state index contributed by atoms with van der Waals surface area (Å²) in [5, 5.41) is 3.52. The Kier molecular flexibility index (Phi) is 5.43. The van der Waals surface area contributed by atoms with Gasteiger partial charge in [0, 0.05) is 44.6 Å². The van der Waals surface area contributed by atoms with Gasteiger partial charge in [0.1, 0.15) is 11.5 Å². The Labute approximate surface area is 163 Å². The number of hydrogen-bond donors (Lipinski definition) is 1. The van der Waals surface area contributed by atoms with Crippen LogP contribution >= 0.6 is 0 Å². The zero-order valence-electron chi connectivity index (χ0n) is 15.9.